The van der Waals surface area contributed by atoms with Crippen LogP contribution in [0, 0.1) is 5.92 Å². The first-order valence-electron chi connectivity index (χ1n) is 9.54. The molecule has 1 aliphatic heterocycles. The van der Waals surface area contributed by atoms with Crippen LogP contribution in [0.15, 0.2) is 0 Å². The van der Waals surface area contributed by atoms with E-state index in [1.54, 1.807) is 11.3 Å². The van der Waals surface area contributed by atoms with Gasteiger partial charge < -0.3 is 20.3 Å². The van der Waals surface area contributed by atoms with Crippen LogP contribution in [0.1, 0.15) is 53.9 Å². The Hall–Kier alpha value is -1.18. The third kappa shape index (κ3) is 4.38. The Balaban J connectivity index is 1.69. The molecule has 0 radical (unpaired) electrons. The highest BCUT2D eigenvalue weighted by Crippen LogP contribution is 2.40. The highest BCUT2D eigenvalue weighted by molar-refractivity contribution is 7.80. The number of hydrogen-bond donors (Lipinski definition) is 2. The SMILES string of the molecule is CCN1CCC(NC(=S)Nc2sc3c(c2C(=O)OC)CCC(C)C3)CC1. The number of rotatable bonds is 4. The van der Waals surface area contributed by atoms with Crippen LogP contribution in [0.2, 0.25) is 0 Å². The number of likely N-dealkylation sites (tertiary alicyclic amines) is 1. The Morgan fingerprint density at radius 3 is 2.73 bits per heavy atom. The van der Waals surface area contributed by atoms with Crippen molar-refractivity contribution in [3.05, 3.63) is 16.0 Å². The van der Waals surface area contributed by atoms with Crippen molar-refractivity contribution in [2.75, 3.05) is 32.1 Å². The number of anilines is 1. The van der Waals surface area contributed by atoms with Crippen molar-refractivity contribution in [3.8, 4) is 0 Å². The van der Waals surface area contributed by atoms with E-state index in [2.05, 4.69) is 29.4 Å². The number of piperidine rings is 1. The molecule has 1 fully saturated rings. The summed E-state index contributed by atoms with van der Waals surface area (Å²) in [4.78, 5) is 16.1. The predicted molar refractivity (Wildman–Crippen MR) is 111 cm³/mol. The largest absolute Gasteiger partial charge is 0.465 e. The number of esters is 1. The van der Waals surface area contributed by atoms with E-state index in [-0.39, 0.29) is 5.97 Å². The zero-order chi connectivity index (χ0) is 18.7. The molecule has 0 aromatic carbocycles. The van der Waals surface area contributed by atoms with Crippen LogP contribution in [-0.4, -0.2) is 48.8 Å². The lowest BCUT2D eigenvalue weighted by atomic mass is 9.88. The lowest BCUT2D eigenvalue weighted by molar-refractivity contribution is 0.0601. The summed E-state index contributed by atoms with van der Waals surface area (Å²) in [5.74, 6) is 0.395. The summed E-state index contributed by atoms with van der Waals surface area (Å²) < 4.78 is 5.04. The first-order chi connectivity index (χ1) is 12.5. The average Bonchev–Trinajstić information content (AvgIpc) is 2.98. The molecule has 3 rings (SSSR count). The van der Waals surface area contributed by atoms with Crippen LogP contribution in [0.3, 0.4) is 0 Å². The fourth-order valence-electron chi connectivity index (χ4n) is 3.87. The van der Waals surface area contributed by atoms with Crippen molar-refractivity contribution < 1.29 is 9.53 Å². The van der Waals surface area contributed by atoms with Gasteiger partial charge >= 0.3 is 5.97 Å². The molecular formula is C19H29N3O2S2. The summed E-state index contributed by atoms with van der Waals surface area (Å²) in [7, 11) is 1.44. The monoisotopic (exact) mass is 395 g/mol. The van der Waals surface area contributed by atoms with E-state index in [0.29, 0.717) is 22.6 Å². The molecule has 0 bridgehead atoms. The van der Waals surface area contributed by atoms with Crippen LogP contribution < -0.4 is 10.6 Å². The van der Waals surface area contributed by atoms with Gasteiger partial charge in [-0.05, 0) is 62.3 Å². The van der Waals surface area contributed by atoms with Crippen LogP contribution in [0.4, 0.5) is 5.00 Å². The van der Waals surface area contributed by atoms with Gasteiger partial charge in [-0.2, -0.15) is 0 Å². The predicted octanol–water partition coefficient (Wildman–Crippen LogP) is 3.43. The van der Waals surface area contributed by atoms with E-state index in [0.717, 1.165) is 62.3 Å². The van der Waals surface area contributed by atoms with E-state index >= 15 is 0 Å². The van der Waals surface area contributed by atoms with E-state index in [9.17, 15) is 4.79 Å². The van der Waals surface area contributed by atoms with Crippen molar-refractivity contribution >= 4 is 39.6 Å². The minimum absolute atomic E-state index is 0.265. The molecule has 5 nitrogen and oxygen atoms in total. The topological polar surface area (TPSA) is 53.6 Å². The molecule has 1 aliphatic carbocycles. The molecule has 1 unspecified atom stereocenters. The summed E-state index contributed by atoms with van der Waals surface area (Å²) in [6, 6.07) is 0.397. The number of nitrogens with zero attached hydrogens (tertiary/aromatic N) is 1. The van der Waals surface area contributed by atoms with Gasteiger partial charge in [-0.25, -0.2) is 4.79 Å². The minimum atomic E-state index is -0.265. The maximum absolute atomic E-state index is 12.4. The zero-order valence-electron chi connectivity index (χ0n) is 15.9. The molecule has 26 heavy (non-hydrogen) atoms. The maximum Gasteiger partial charge on any atom is 0.341 e. The second kappa shape index (κ2) is 8.67. The van der Waals surface area contributed by atoms with Crippen molar-refractivity contribution in [2.45, 2.75) is 52.0 Å². The molecule has 2 aliphatic rings. The number of carbonyl (C=O) groups excluding carboxylic acids is 1. The number of thiocarbonyl (C=S) groups is 1. The molecule has 1 saturated heterocycles. The number of methoxy groups -OCH3 is 1. The molecule has 2 N–H and O–H groups in total. The number of thiophene rings is 1. The van der Waals surface area contributed by atoms with Gasteiger partial charge in [0.1, 0.15) is 5.00 Å². The second-order valence-electron chi connectivity index (χ2n) is 7.35. The summed E-state index contributed by atoms with van der Waals surface area (Å²) >= 11 is 7.20. The molecule has 1 atom stereocenters. The zero-order valence-corrected chi connectivity index (χ0v) is 17.5. The van der Waals surface area contributed by atoms with Gasteiger partial charge in [-0.15, -0.1) is 11.3 Å². The molecule has 0 saturated carbocycles. The normalized spacial score (nSPS) is 21.1. The third-order valence-corrected chi connectivity index (χ3v) is 6.89. The maximum atomic E-state index is 12.4. The molecule has 7 heteroatoms. The van der Waals surface area contributed by atoms with Crippen LogP contribution in [-0.2, 0) is 17.6 Å². The van der Waals surface area contributed by atoms with Crippen LogP contribution in [0.25, 0.3) is 0 Å². The van der Waals surface area contributed by atoms with Gasteiger partial charge in [0.05, 0.1) is 12.7 Å². The summed E-state index contributed by atoms with van der Waals surface area (Å²) in [5.41, 5.74) is 1.84. The Kier molecular flexibility index (Phi) is 6.53. The molecule has 0 amide bonds. The van der Waals surface area contributed by atoms with Gasteiger partial charge in [0.15, 0.2) is 5.11 Å². The van der Waals surface area contributed by atoms with E-state index in [1.807, 2.05) is 0 Å². The van der Waals surface area contributed by atoms with E-state index in [1.165, 1.54) is 12.0 Å². The Morgan fingerprint density at radius 2 is 2.08 bits per heavy atom. The fraction of sp³-hybridized carbons (Fsp3) is 0.684. The number of ether oxygens (including phenoxy) is 1. The Labute approximate surface area is 165 Å². The Bertz CT molecular complexity index is 666. The highest BCUT2D eigenvalue weighted by Gasteiger charge is 2.29. The molecular weight excluding hydrogens is 366 g/mol. The summed E-state index contributed by atoms with van der Waals surface area (Å²) in [6.45, 7) is 7.79. The van der Waals surface area contributed by atoms with E-state index in [4.69, 9.17) is 17.0 Å². The second-order valence-corrected chi connectivity index (χ2v) is 8.87. The molecule has 1 aromatic rings. The first-order valence-corrected chi connectivity index (χ1v) is 10.8. The van der Waals surface area contributed by atoms with Gasteiger partial charge in [-0.3, -0.25) is 0 Å². The molecule has 1 aromatic heterocycles. The van der Waals surface area contributed by atoms with Crippen molar-refractivity contribution in [1.82, 2.24) is 10.2 Å². The standard InChI is InChI=1S/C19H29N3O2S2/c1-4-22-9-7-13(8-10-22)20-19(25)21-17-16(18(23)24-3)14-6-5-12(2)11-15(14)26-17/h12-13H,4-11H2,1-3H3,(H2,20,21,25). The summed E-state index contributed by atoms with van der Waals surface area (Å²) in [6.07, 6.45) is 5.28. The van der Waals surface area contributed by atoms with Crippen LogP contribution >= 0.6 is 23.6 Å². The van der Waals surface area contributed by atoms with E-state index < -0.39 is 0 Å². The lowest BCUT2D eigenvalue weighted by Crippen LogP contribution is -2.45. The Morgan fingerprint density at radius 1 is 1.35 bits per heavy atom. The number of nitrogens with one attached hydrogen (secondary N) is 2. The molecule has 2 heterocycles. The third-order valence-electron chi connectivity index (χ3n) is 5.50. The van der Waals surface area contributed by atoms with Gasteiger partial charge in [0.2, 0.25) is 0 Å². The number of hydrogen-bond acceptors (Lipinski definition) is 5. The minimum Gasteiger partial charge on any atom is -0.465 e. The first kappa shape index (κ1) is 19.6. The quantitative estimate of drug-likeness (QED) is 0.602. The fourth-order valence-corrected chi connectivity index (χ4v) is 5.61. The van der Waals surface area contributed by atoms with Gasteiger partial charge in [-0.1, -0.05) is 13.8 Å². The molecule has 0 spiro atoms. The van der Waals surface area contributed by atoms with Crippen LogP contribution in [0.5, 0.6) is 0 Å². The smallest absolute Gasteiger partial charge is 0.341 e. The van der Waals surface area contributed by atoms with Crippen molar-refractivity contribution in [1.29, 1.82) is 0 Å². The lowest BCUT2D eigenvalue weighted by Gasteiger charge is -2.32. The highest BCUT2D eigenvalue weighted by atomic mass is 32.1. The molecule has 144 valence electrons. The van der Waals surface area contributed by atoms with Crippen molar-refractivity contribution in [3.63, 3.8) is 0 Å². The van der Waals surface area contributed by atoms with Gasteiger partial charge in [0.25, 0.3) is 0 Å². The average molecular weight is 396 g/mol. The summed E-state index contributed by atoms with van der Waals surface area (Å²) in [5, 5.41) is 8.17. The van der Waals surface area contributed by atoms with Gasteiger partial charge in [0, 0.05) is 24.0 Å². The number of fused-ring (bicyclic) bond motifs is 1. The van der Waals surface area contributed by atoms with Crippen molar-refractivity contribution in [2.24, 2.45) is 5.92 Å². The number of carbonyl (C=O) groups is 1.